The van der Waals surface area contributed by atoms with E-state index in [1.807, 2.05) is 38.1 Å². The van der Waals surface area contributed by atoms with Gasteiger partial charge in [-0.2, -0.15) is 0 Å². The molecule has 30 heavy (non-hydrogen) atoms. The first-order chi connectivity index (χ1) is 14.2. The van der Waals surface area contributed by atoms with E-state index in [-0.39, 0.29) is 32.8 Å². The number of carbonyl (C=O) groups excluding carboxylic acids is 2. The number of carbonyl (C=O) groups is 2. The van der Waals surface area contributed by atoms with Gasteiger partial charge in [-0.3, -0.25) is 23.5 Å². The van der Waals surface area contributed by atoms with E-state index in [1.54, 1.807) is 0 Å². The second-order valence-corrected chi connectivity index (χ2v) is 8.30. The second kappa shape index (κ2) is 7.21. The van der Waals surface area contributed by atoms with Gasteiger partial charge < -0.3 is 0 Å². The smallest absolute Gasteiger partial charge is 0.289 e. The van der Waals surface area contributed by atoms with Gasteiger partial charge in [-0.1, -0.05) is 36.4 Å². The number of hydrogen-bond donors (Lipinski definition) is 0. The molecule has 1 aliphatic rings. The minimum absolute atomic E-state index is 0.000728. The van der Waals surface area contributed by atoms with Crippen LogP contribution < -0.4 is 11.2 Å². The number of ketones is 2. The first-order valence-electron chi connectivity index (χ1n) is 9.42. The van der Waals surface area contributed by atoms with Crippen LogP contribution in [0.15, 0.2) is 49.7 Å². The first kappa shape index (κ1) is 20.0. The summed E-state index contributed by atoms with van der Waals surface area (Å²) in [5.74, 6) is -0.769. The third-order valence-electron chi connectivity index (χ3n) is 5.21. The number of rotatable bonds is 3. The monoisotopic (exact) mass is 421 g/mol. The Morgan fingerprint density at radius 2 is 1.63 bits per heavy atom. The van der Waals surface area contributed by atoms with Crippen LogP contribution in [-0.4, -0.2) is 25.7 Å². The molecule has 0 aliphatic heterocycles. The summed E-state index contributed by atoms with van der Waals surface area (Å²) in [6.07, 6.45) is 1.65. The summed E-state index contributed by atoms with van der Waals surface area (Å²) >= 11 is 1.21. The Balaban J connectivity index is 1.99. The van der Waals surface area contributed by atoms with E-state index in [0.29, 0.717) is 12.1 Å². The van der Waals surface area contributed by atoms with Gasteiger partial charge in [0.2, 0.25) is 5.78 Å². The van der Waals surface area contributed by atoms with Crippen LogP contribution >= 0.6 is 11.8 Å². The van der Waals surface area contributed by atoms with Crippen LogP contribution in [0.2, 0.25) is 0 Å². The van der Waals surface area contributed by atoms with Crippen LogP contribution in [0.5, 0.6) is 0 Å². The Bertz CT molecular complexity index is 1400. The highest BCUT2D eigenvalue weighted by atomic mass is 32.2. The molecule has 152 valence electrons. The number of thioether (sulfide) groups is 1. The van der Waals surface area contributed by atoms with Gasteiger partial charge in [0.15, 0.2) is 5.78 Å². The fourth-order valence-corrected chi connectivity index (χ4v) is 4.46. The van der Waals surface area contributed by atoms with E-state index in [9.17, 15) is 19.2 Å². The molecule has 7 nitrogen and oxygen atoms in total. The number of fused-ring (bicyclic) bond motifs is 3. The van der Waals surface area contributed by atoms with Crippen LogP contribution in [0.4, 0.5) is 0 Å². The maximum absolute atomic E-state index is 13.3. The highest BCUT2D eigenvalue weighted by Crippen LogP contribution is 2.36. The lowest BCUT2D eigenvalue weighted by atomic mass is 9.90. The Hall–Kier alpha value is -3.26. The minimum atomic E-state index is -0.635. The number of pyridine rings is 1. The summed E-state index contributed by atoms with van der Waals surface area (Å²) < 4.78 is 2.15. The van der Waals surface area contributed by atoms with Crippen LogP contribution in [-0.2, 0) is 20.5 Å². The van der Waals surface area contributed by atoms with Crippen LogP contribution in [0.3, 0.4) is 0 Å². The second-order valence-electron chi connectivity index (χ2n) is 7.18. The summed E-state index contributed by atoms with van der Waals surface area (Å²) in [6, 6.07) is 7.64. The number of Topliss-reactive ketones (excluding diaryl/α,β-unsaturated/α-hetero) is 1. The van der Waals surface area contributed by atoms with Crippen molar-refractivity contribution in [2.45, 2.75) is 25.2 Å². The molecule has 0 amide bonds. The van der Waals surface area contributed by atoms with Gasteiger partial charge in [-0.25, -0.2) is 9.78 Å². The predicted molar refractivity (Wildman–Crippen MR) is 115 cm³/mol. The quantitative estimate of drug-likeness (QED) is 0.646. The molecule has 1 aromatic carbocycles. The van der Waals surface area contributed by atoms with E-state index in [0.717, 1.165) is 15.0 Å². The summed E-state index contributed by atoms with van der Waals surface area (Å²) in [7, 11) is 2.83. The average molecular weight is 421 g/mol. The highest BCUT2D eigenvalue weighted by molar-refractivity contribution is 8.04. The normalized spacial score (nSPS) is 13.5. The zero-order valence-electron chi connectivity index (χ0n) is 17.0. The van der Waals surface area contributed by atoms with Gasteiger partial charge >= 0.3 is 5.69 Å². The number of nitrogens with zero attached hydrogens (tertiary/aromatic N) is 3. The molecule has 0 radical (unpaired) electrons. The van der Waals surface area contributed by atoms with E-state index < -0.39 is 17.0 Å². The fraction of sp³-hybridized carbons (Fsp3) is 0.227. The zero-order chi connectivity index (χ0) is 21.7. The van der Waals surface area contributed by atoms with Crippen molar-refractivity contribution in [2.24, 2.45) is 14.1 Å². The van der Waals surface area contributed by atoms with Crippen LogP contribution in [0, 0.1) is 6.92 Å². The first-order valence-corrected chi connectivity index (χ1v) is 10.2. The third-order valence-corrected chi connectivity index (χ3v) is 6.24. The molecule has 3 aromatic rings. The topological polar surface area (TPSA) is 91.0 Å². The molecule has 0 atom stereocenters. The lowest BCUT2D eigenvalue weighted by molar-refractivity contribution is 0.0991. The van der Waals surface area contributed by atoms with E-state index in [2.05, 4.69) is 4.98 Å². The number of benzene rings is 1. The van der Waals surface area contributed by atoms with Crippen molar-refractivity contribution >= 4 is 34.4 Å². The molecule has 2 aromatic heterocycles. The van der Waals surface area contributed by atoms with Crippen LogP contribution in [0.1, 0.15) is 38.9 Å². The van der Waals surface area contributed by atoms with Gasteiger partial charge in [-0.05, 0) is 25.5 Å². The van der Waals surface area contributed by atoms with E-state index >= 15 is 0 Å². The van der Waals surface area contributed by atoms with Gasteiger partial charge in [0.25, 0.3) is 5.56 Å². The molecule has 0 spiro atoms. The van der Waals surface area contributed by atoms with Crippen molar-refractivity contribution in [1.82, 2.24) is 14.1 Å². The molecule has 0 saturated heterocycles. The SMILES string of the molecule is CCc1nc2c(c3c1C(=O)C(Sc1ccc(C)cc1)=CC3=O)c(=O)n(C)c(=O)n2C. The van der Waals surface area contributed by atoms with E-state index in [1.165, 1.54) is 36.5 Å². The Morgan fingerprint density at radius 3 is 2.27 bits per heavy atom. The molecule has 2 heterocycles. The molecule has 0 unspecified atom stereocenters. The van der Waals surface area contributed by atoms with Crippen molar-refractivity contribution in [1.29, 1.82) is 0 Å². The maximum atomic E-state index is 13.3. The predicted octanol–water partition coefficient (Wildman–Crippen LogP) is 2.56. The molecular weight excluding hydrogens is 402 g/mol. The molecule has 4 rings (SSSR count). The number of aryl methyl sites for hydroxylation is 3. The van der Waals surface area contributed by atoms with Crippen molar-refractivity contribution in [3.63, 3.8) is 0 Å². The zero-order valence-corrected chi connectivity index (χ0v) is 17.8. The Labute approximate surface area is 176 Å². The summed E-state index contributed by atoms with van der Waals surface area (Å²) in [5.41, 5.74) is 0.618. The summed E-state index contributed by atoms with van der Waals surface area (Å²) in [4.78, 5) is 57.2. The lowest BCUT2D eigenvalue weighted by Gasteiger charge is -2.20. The molecule has 0 saturated carbocycles. The number of allylic oxidation sites excluding steroid dienone is 2. The van der Waals surface area contributed by atoms with Gasteiger partial charge in [-0.15, -0.1) is 0 Å². The highest BCUT2D eigenvalue weighted by Gasteiger charge is 2.33. The van der Waals surface area contributed by atoms with Crippen molar-refractivity contribution < 1.29 is 9.59 Å². The minimum Gasteiger partial charge on any atom is -0.289 e. The van der Waals surface area contributed by atoms with Gasteiger partial charge in [0.1, 0.15) is 5.65 Å². The molecule has 0 N–H and O–H groups in total. The standard InChI is InChI=1S/C22H19N3O4S/c1-5-13-16-17(18-20(23-13)24(3)22(29)25(4)21(18)28)14(26)10-15(19(16)27)30-12-8-6-11(2)7-9-12/h6-10H,5H2,1-4H3. The van der Waals surface area contributed by atoms with Crippen molar-refractivity contribution in [3.05, 3.63) is 78.5 Å². The van der Waals surface area contributed by atoms with Gasteiger partial charge in [0, 0.05) is 25.1 Å². The van der Waals surface area contributed by atoms with Crippen LogP contribution in [0.25, 0.3) is 11.0 Å². The van der Waals surface area contributed by atoms with Gasteiger partial charge in [0.05, 0.1) is 27.1 Å². The third kappa shape index (κ3) is 2.95. The average Bonchev–Trinajstić information content (AvgIpc) is 2.74. The molecular formula is C22H19N3O4S. The Kier molecular flexibility index (Phi) is 4.82. The fourth-order valence-electron chi connectivity index (χ4n) is 3.57. The summed E-state index contributed by atoms with van der Waals surface area (Å²) in [6.45, 7) is 3.79. The maximum Gasteiger partial charge on any atom is 0.332 e. The van der Waals surface area contributed by atoms with Crippen molar-refractivity contribution in [2.75, 3.05) is 0 Å². The molecule has 1 aliphatic carbocycles. The summed E-state index contributed by atoms with van der Waals surface area (Å²) in [5, 5.41) is 0.000728. The number of aromatic nitrogens is 3. The number of hydrogen-bond acceptors (Lipinski definition) is 6. The van der Waals surface area contributed by atoms with E-state index in [4.69, 9.17) is 0 Å². The lowest BCUT2D eigenvalue weighted by Crippen LogP contribution is -2.39. The molecule has 0 fully saturated rings. The molecule has 0 bridgehead atoms. The van der Waals surface area contributed by atoms with Crippen molar-refractivity contribution in [3.8, 4) is 0 Å². The molecule has 8 heteroatoms. The largest absolute Gasteiger partial charge is 0.332 e. The Morgan fingerprint density at radius 1 is 0.967 bits per heavy atom.